The molecule has 0 bridgehead atoms. The van der Waals surface area contributed by atoms with Gasteiger partial charge in [0, 0.05) is 18.9 Å². The van der Waals surface area contributed by atoms with Crippen LogP contribution in [0.25, 0.3) is 22.3 Å². The molecule has 0 radical (unpaired) electrons. The van der Waals surface area contributed by atoms with Gasteiger partial charge in [0.2, 0.25) is 0 Å². The summed E-state index contributed by atoms with van der Waals surface area (Å²) in [5.74, 6) is 0. The highest BCUT2D eigenvalue weighted by Crippen LogP contribution is 2.20. The van der Waals surface area contributed by atoms with Crippen molar-refractivity contribution in [3.8, 4) is 11.4 Å². The number of aromatic nitrogens is 4. The van der Waals surface area contributed by atoms with Crippen molar-refractivity contribution < 1.29 is 0 Å². The third kappa shape index (κ3) is 1.89. The fourth-order valence-electron chi connectivity index (χ4n) is 2.01. The van der Waals surface area contributed by atoms with Crippen LogP contribution in [0.4, 0.5) is 0 Å². The molecule has 5 heteroatoms. The highest BCUT2D eigenvalue weighted by molar-refractivity contribution is 5.89. The number of fused-ring (bicyclic) bond motifs is 1. The minimum Gasteiger partial charge on any atom is -0.267 e. The van der Waals surface area contributed by atoms with E-state index in [9.17, 15) is 4.79 Å². The zero-order valence-electron chi connectivity index (χ0n) is 10.4. The highest BCUT2D eigenvalue weighted by atomic mass is 16.1. The van der Waals surface area contributed by atoms with E-state index in [1.54, 1.807) is 24.5 Å². The van der Waals surface area contributed by atoms with Gasteiger partial charge in [0.1, 0.15) is 11.2 Å². The molecule has 0 fully saturated rings. The van der Waals surface area contributed by atoms with E-state index in [-0.39, 0.29) is 5.56 Å². The molecular weight excluding hydrogens is 240 g/mol. The summed E-state index contributed by atoms with van der Waals surface area (Å²) in [6.45, 7) is 2.41. The van der Waals surface area contributed by atoms with E-state index in [2.05, 4.69) is 15.1 Å². The molecule has 3 heterocycles. The number of pyridine rings is 2. The number of hydrogen-bond donors (Lipinski definition) is 0. The van der Waals surface area contributed by atoms with Crippen molar-refractivity contribution in [2.24, 2.45) is 0 Å². The van der Waals surface area contributed by atoms with Gasteiger partial charge in [-0.2, -0.15) is 5.10 Å². The van der Waals surface area contributed by atoms with Gasteiger partial charge in [-0.05, 0) is 31.2 Å². The number of rotatable bonds is 2. The second-order valence-electron chi connectivity index (χ2n) is 4.08. The fraction of sp³-hybridized carbons (Fsp3) is 0.143. The van der Waals surface area contributed by atoms with Crippen LogP contribution in [0.1, 0.15) is 6.92 Å². The Labute approximate surface area is 109 Å². The average molecular weight is 252 g/mol. The number of nitrogens with zero attached hydrogens (tertiary/aromatic N) is 4. The molecule has 0 unspecified atom stereocenters. The molecule has 19 heavy (non-hydrogen) atoms. The van der Waals surface area contributed by atoms with Gasteiger partial charge in [-0.25, -0.2) is 4.68 Å². The molecule has 0 aliphatic carbocycles. The van der Waals surface area contributed by atoms with Crippen molar-refractivity contribution in [3.63, 3.8) is 0 Å². The first-order chi connectivity index (χ1) is 9.31. The quantitative estimate of drug-likeness (QED) is 0.698. The molecule has 0 aliphatic rings. The fourth-order valence-corrected chi connectivity index (χ4v) is 2.01. The van der Waals surface area contributed by atoms with Crippen LogP contribution in [0.3, 0.4) is 0 Å². The van der Waals surface area contributed by atoms with E-state index in [1.165, 1.54) is 4.68 Å². The minimum absolute atomic E-state index is 0.120. The summed E-state index contributed by atoms with van der Waals surface area (Å²) in [7, 11) is 0. The molecule has 0 aliphatic heterocycles. The van der Waals surface area contributed by atoms with E-state index in [0.717, 1.165) is 0 Å². The van der Waals surface area contributed by atoms with Crippen molar-refractivity contribution in [2.45, 2.75) is 13.5 Å². The summed E-state index contributed by atoms with van der Waals surface area (Å²) in [4.78, 5) is 20.7. The highest BCUT2D eigenvalue weighted by Gasteiger charge is 2.12. The van der Waals surface area contributed by atoms with E-state index in [0.29, 0.717) is 28.8 Å². The third-order valence-corrected chi connectivity index (χ3v) is 2.92. The zero-order chi connectivity index (χ0) is 13.2. The smallest absolute Gasteiger partial charge is 0.267 e. The lowest BCUT2D eigenvalue weighted by Crippen LogP contribution is -2.23. The number of aryl methyl sites for hydroxylation is 1. The van der Waals surface area contributed by atoms with E-state index in [1.807, 2.05) is 25.1 Å². The third-order valence-electron chi connectivity index (χ3n) is 2.92. The molecule has 0 spiro atoms. The Kier molecular flexibility index (Phi) is 2.79. The van der Waals surface area contributed by atoms with Crippen LogP contribution in [-0.4, -0.2) is 19.7 Å². The van der Waals surface area contributed by atoms with Crippen LogP contribution in [-0.2, 0) is 6.54 Å². The molecule has 0 N–H and O–H groups in total. The van der Waals surface area contributed by atoms with Gasteiger partial charge in [-0.15, -0.1) is 0 Å². The molecule has 94 valence electrons. The molecule has 0 aromatic carbocycles. The van der Waals surface area contributed by atoms with Crippen LogP contribution < -0.4 is 5.56 Å². The van der Waals surface area contributed by atoms with Crippen LogP contribution in [0, 0.1) is 0 Å². The largest absolute Gasteiger partial charge is 0.276 e. The summed E-state index contributed by atoms with van der Waals surface area (Å²) in [5.41, 5.74) is 1.83. The topological polar surface area (TPSA) is 60.7 Å². The molecule has 5 nitrogen and oxygen atoms in total. The van der Waals surface area contributed by atoms with Crippen molar-refractivity contribution in [2.75, 3.05) is 0 Å². The van der Waals surface area contributed by atoms with Crippen LogP contribution in [0.5, 0.6) is 0 Å². The van der Waals surface area contributed by atoms with E-state index < -0.39 is 0 Å². The van der Waals surface area contributed by atoms with Gasteiger partial charge in [-0.3, -0.25) is 14.8 Å². The maximum atomic E-state index is 12.2. The molecule has 0 saturated heterocycles. The Balaban J connectivity index is 2.42. The molecule has 3 aromatic rings. The summed E-state index contributed by atoms with van der Waals surface area (Å²) in [6, 6.07) is 9.12. The Morgan fingerprint density at radius 2 is 1.95 bits per heavy atom. The Morgan fingerprint density at radius 1 is 1.11 bits per heavy atom. The SMILES string of the molecule is CCn1nc(-c2ccccn2)c2ncccc2c1=O. The summed E-state index contributed by atoms with van der Waals surface area (Å²) >= 11 is 0. The van der Waals surface area contributed by atoms with Gasteiger partial charge >= 0.3 is 0 Å². The maximum Gasteiger partial charge on any atom is 0.276 e. The lowest BCUT2D eigenvalue weighted by Gasteiger charge is -2.08. The molecule has 0 atom stereocenters. The first-order valence-electron chi connectivity index (χ1n) is 6.08. The molecule has 3 aromatic heterocycles. The van der Waals surface area contributed by atoms with Crippen LogP contribution in [0.2, 0.25) is 0 Å². The first-order valence-corrected chi connectivity index (χ1v) is 6.08. The van der Waals surface area contributed by atoms with Crippen LogP contribution >= 0.6 is 0 Å². The molecule has 3 rings (SSSR count). The Hall–Kier alpha value is -2.56. The molecule has 0 saturated carbocycles. The summed E-state index contributed by atoms with van der Waals surface area (Å²) < 4.78 is 1.44. The van der Waals surface area contributed by atoms with E-state index >= 15 is 0 Å². The first kappa shape index (κ1) is 11.5. The normalized spacial score (nSPS) is 10.8. The van der Waals surface area contributed by atoms with Crippen molar-refractivity contribution in [3.05, 3.63) is 53.1 Å². The molecular formula is C14H12N4O. The summed E-state index contributed by atoms with van der Waals surface area (Å²) in [5, 5.41) is 4.94. The van der Waals surface area contributed by atoms with Crippen molar-refractivity contribution >= 4 is 10.9 Å². The molecule has 0 amide bonds. The van der Waals surface area contributed by atoms with Crippen LogP contribution in [0.15, 0.2) is 47.5 Å². The maximum absolute atomic E-state index is 12.2. The monoisotopic (exact) mass is 252 g/mol. The van der Waals surface area contributed by atoms with Gasteiger partial charge in [0.15, 0.2) is 0 Å². The average Bonchev–Trinajstić information content (AvgIpc) is 2.49. The second-order valence-corrected chi connectivity index (χ2v) is 4.08. The predicted molar refractivity (Wildman–Crippen MR) is 72.7 cm³/mol. The predicted octanol–water partition coefficient (Wildman–Crippen LogP) is 1.87. The van der Waals surface area contributed by atoms with Gasteiger partial charge < -0.3 is 0 Å². The lowest BCUT2D eigenvalue weighted by molar-refractivity contribution is 0.625. The Morgan fingerprint density at radius 3 is 2.68 bits per heavy atom. The lowest BCUT2D eigenvalue weighted by atomic mass is 10.2. The van der Waals surface area contributed by atoms with Gasteiger partial charge in [0.25, 0.3) is 5.56 Å². The number of hydrogen-bond acceptors (Lipinski definition) is 4. The van der Waals surface area contributed by atoms with Gasteiger partial charge in [0.05, 0.1) is 11.1 Å². The second kappa shape index (κ2) is 4.61. The zero-order valence-corrected chi connectivity index (χ0v) is 10.4. The van der Waals surface area contributed by atoms with Gasteiger partial charge in [-0.1, -0.05) is 6.07 Å². The Bertz CT molecular complexity index is 780. The standard InChI is InChI=1S/C14H12N4O/c1-2-18-14(19)10-6-5-9-16-12(10)13(17-18)11-7-3-4-8-15-11/h3-9H,2H2,1H3. The van der Waals surface area contributed by atoms with E-state index in [4.69, 9.17) is 0 Å². The van der Waals surface area contributed by atoms with Crippen molar-refractivity contribution in [1.82, 2.24) is 19.7 Å². The minimum atomic E-state index is -0.120. The summed E-state index contributed by atoms with van der Waals surface area (Å²) in [6.07, 6.45) is 3.36. The van der Waals surface area contributed by atoms with Crippen molar-refractivity contribution in [1.29, 1.82) is 0 Å².